The van der Waals surface area contributed by atoms with Crippen LogP contribution in [0.3, 0.4) is 0 Å². The van der Waals surface area contributed by atoms with Crippen molar-refractivity contribution >= 4 is 27.4 Å². The van der Waals surface area contributed by atoms with Crippen molar-refractivity contribution in [1.82, 2.24) is 5.32 Å². The fourth-order valence-corrected chi connectivity index (χ4v) is 3.85. The molecule has 1 N–H and O–H groups in total. The molecule has 0 unspecified atom stereocenters. The molecule has 1 amide bonds. The van der Waals surface area contributed by atoms with Crippen LogP contribution in [0.25, 0.3) is 0 Å². The van der Waals surface area contributed by atoms with Crippen LogP contribution < -0.4 is 9.50 Å². The summed E-state index contributed by atoms with van der Waals surface area (Å²) in [6.45, 7) is 3.49. The van der Waals surface area contributed by atoms with Gasteiger partial charge in [0, 0.05) is 11.8 Å². The van der Waals surface area contributed by atoms with Gasteiger partial charge >= 0.3 is 10.1 Å². The number of rotatable bonds is 5. The highest BCUT2D eigenvalue weighted by Gasteiger charge is 2.20. The quantitative estimate of drug-likeness (QED) is 0.857. The summed E-state index contributed by atoms with van der Waals surface area (Å²) in [5.74, 6) is 0.151. The van der Waals surface area contributed by atoms with Gasteiger partial charge in [-0.05, 0) is 30.7 Å². The van der Waals surface area contributed by atoms with Crippen molar-refractivity contribution in [1.29, 1.82) is 0 Å². The molecule has 0 aliphatic heterocycles. The molecule has 0 saturated heterocycles. The molecule has 112 valence electrons. The maximum Gasteiger partial charge on any atom is 0.348 e. The summed E-state index contributed by atoms with van der Waals surface area (Å²) in [7, 11) is -3.85. The zero-order chi connectivity index (χ0) is 15.5. The maximum absolute atomic E-state index is 12.2. The van der Waals surface area contributed by atoms with Crippen LogP contribution in [0.5, 0.6) is 5.75 Å². The lowest BCUT2D eigenvalue weighted by Crippen LogP contribution is -2.18. The first-order valence-electron chi connectivity index (χ1n) is 6.22. The highest BCUT2D eigenvalue weighted by Crippen LogP contribution is 2.26. The monoisotopic (exact) mass is 325 g/mol. The van der Waals surface area contributed by atoms with E-state index in [0.29, 0.717) is 12.3 Å². The summed E-state index contributed by atoms with van der Waals surface area (Å²) in [6.07, 6.45) is 0. The second-order valence-electron chi connectivity index (χ2n) is 4.43. The van der Waals surface area contributed by atoms with E-state index in [0.717, 1.165) is 21.8 Å². The van der Waals surface area contributed by atoms with Crippen LogP contribution in [0.1, 0.15) is 17.4 Å². The Bertz CT molecular complexity index is 750. The Hall–Kier alpha value is -1.86. The minimum atomic E-state index is -3.85. The van der Waals surface area contributed by atoms with Gasteiger partial charge in [-0.3, -0.25) is 4.79 Å². The van der Waals surface area contributed by atoms with Gasteiger partial charge in [0.1, 0.15) is 5.75 Å². The number of amides is 1. The summed E-state index contributed by atoms with van der Waals surface area (Å²) in [5, 5.41) is 2.62. The summed E-state index contributed by atoms with van der Waals surface area (Å²) in [5.41, 5.74) is 0.746. The molecule has 1 aromatic carbocycles. The molecule has 7 heteroatoms. The third-order valence-electron chi connectivity index (χ3n) is 2.69. The molecule has 2 aromatic rings. The highest BCUT2D eigenvalue weighted by atomic mass is 32.3. The van der Waals surface area contributed by atoms with Crippen LogP contribution in [-0.2, 0) is 21.5 Å². The number of carbonyl (C=O) groups excluding carboxylic acids is 1. The lowest BCUT2D eigenvalue weighted by molar-refractivity contribution is -0.119. The Labute approximate surface area is 127 Å². The van der Waals surface area contributed by atoms with Gasteiger partial charge < -0.3 is 9.50 Å². The predicted octanol–water partition coefficient (Wildman–Crippen LogP) is 2.46. The van der Waals surface area contributed by atoms with Crippen LogP contribution in [0.2, 0.25) is 0 Å². The molecule has 2 rings (SSSR count). The van der Waals surface area contributed by atoms with E-state index in [-0.39, 0.29) is 10.1 Å². The summed E-state index contributed by atoms with van der Waals surface area (Å²) in [4.78, 5) is 11.6. The average molecular weight is 325 g/mol. The molecule has 0 fully saturated rings. The number of hydrogen-bond donors (Lipinski definition) is 1. The lowest BCUT2D eigenvalue weighted by atomic mass is 10.2. The summed E-state index contributed by atoms with van der Waals surface area (Å²) < 4.78 is 29.7. The molecule has 0 spiro atoms. The Morgan fingerprint density at radius 3 is 2.62 bits per heavy atom. The van der Waals surface area contributed by atoms with Gasteiger partial charge in [0.05, 0.1) is 6.54 Å². The van der Waals surface area contributed by atoms with Gasteiger partial charge in [-0.1, -0.05) is 18.2 Å². The molecular weight excluding hydrogens is 310 g/mol. The summed E-state index contributed by atoms with van der Waals surface area (Å²) >= 11 is 1.08. The molecule has 0 atom stereocenters. The number of para-hydroxylation sites is 1. The van der Waals surface area contributed by atoms with E-state index in [1.165, 1.54) is 13.0 Å². The van der Waals surface area contributed by atoms with Crippen molar-refractivity contribution in [3.63, 3.8) is 0 Å². The van der Waals surface area contributed by atoms with Crippen molar-refractivity contribution in [2.75, 3.05) is 0 Å². The number of thiophene rings is 1. The first kappa shape index (κ1) is 15.5. The third kappa shape index (κ3) is 4.05. The average Bonchev–Trinajstić information content (AvgIpc) is 2.88. The van der Waals surface area contributed by atoms with Crippen molar-refractivity contribution < 1.29 is 17.4 Å². The van der Waals surface area contributed by atoms with E-state index in [1.807, 2.05) is 6.07 Å². The SMILES string of the molecule is CC(=O)NCc1ccc(S(=O)(=O)Oc2ccccc2C)s1. The highest BCUT2D eigenvalue weighted by molar-refractivity contribution is 7.89. The molecule has 1 aromatic heterocycles. The van der Waals surface area contributed by atoms with Crippen molar-refractivity contribution in [2.24, 2.45) is 0 Å². The standard InChI is InChI=1S/C14H15NO4S2/c1-10-5-3-4-6-13(10)19-21(17,18)14-8-7-12(20-14)9-15-11(2)16/h3-8H,9H2,1-2H3,(H,15,16). The van der Waals surface area contributed by atoms with Crippen LogP contribution in [-0.4, -0.2) is 14.3 Å². The first-order chi connectivity index (χ1) is 9.88. The molecule has 0 aliphatic carbocycles. The molecule has 5 nitrogen and oxygen atoms in total. The summed E-state index contributed by atoms with van der Waals surface area (Å²) in [6, 6.07) is 10.1. The fraction of sp³-hybridized carbons (Fsp3) is 0.214. The van der Waals surface area contributed by atoms with Gasteiger partial charge in [-0.2, -0.15) is 8.42 Å². The lowest BCUT2D eigenvalue weighted by Gasteiger charge is -2.07. The van der Waals surface area contributed by atoms with Crippen molar-refractivity contribution in [2.45, 2.75) is 24.6 Å². The van der Waals surface area contributed by atoms with Crippen LogP contribution in [0.4, 0.5) is 0 Å². The van der Waals surface area contributed by atoms with E-state index in [4.69, 9.17) is 4.18 Å². The second kappa shape index (κ2) is 6.28. The van der Waals surface area contributed by atoms with Gasteiger partial charge in [0.15, 0.2) is 4.21 Å². The third-order valence-corrected chi connectivity index (χ3v) is 5.46. The van der Waals surface area contributed by atoms with Crippen molar-refractivity contribution in [3.8, 4) is 5.75 Å². The topological polar surface area (TPSA) is 72.5 Å². The van der Waals surface area contributed by atoms with Gasteiger partial charge in [-0.25, -0.2) is 0 Å². The molecule has 0 saturated carbocycles. The zero-order valence-electron chi connectivity index (χ0n) is 11.6. The molecule has 0 bridgehead atoms. The zero-order valence-corrected chi connectivity index (χ0v) is 13.3. The van der Waals surface area contributed by atoms with Crippen LogP contribution in [0, 0.1) is 6.92 Å². The van der Waals surface area contributed by atoms with Crippen LogP contribution >= 0.6 is 11.3 Å². The first-order valence-corrected chi connectivity index (χ1v) is 8.44. The van der Waals surface area contributed by atoms with E-state index in [1.54, 1.807) is 31.2 Å². The van der Waals surface area contributed by atoms with Gasteiger partial charge in [0.2, 0.25) is 5.91 Å². The Morgan fingerprint density at radius 1 is 1.24 bits per heavy atom. The maximum atomic E-state index is 12.2. The van der Waals surface area contributed by atoms with E-state index >= 15 is 0 Å². The predicted molar refractivity (Wildman–Crippen MR) is 80.8 cm³/mol. The minimum absolute atomic E-state index is 0.117. The number of benzene rings is 1. The Morgan fingerprint density at radius 2 is 1.95 bits per heavy atom. The van der Waals surface area contributed by atoms with Crippen molar-refractivity contribution in [3.05, 3.63) is 46.8 Å². The van der Waals surface area contributed by atoms with Gasteiger partial charge in [-0.15, -0.1) is 11.3 Å². The smallest absolute Gasteiger partial charge is 0.348 e. The van der Waals surface area contributed by atoms with Gasteiger partial charge in [0.25, 0.3) is 0 Å². The Kier molecular flexibility index (Phi) is 4.64. The number of carbonyl (C=O) groups is 1. The fourth-order valence-electron chi connectivity index (χ4n) is 1.61. The number of nitrogens with one attached hydrogen (secondary N) is 1. The minimum Gasteiger partial charge on any atom is -0.378 e. The van der Waals surface area contributed by atoms with E-state index < -0.39 is 10.1 Å². The molecule has 1 heterocycles. The molecule has 0 radical (unpaired) electrons. The molecule has 21 heavy (non-hydrogen) atoms. The second-order valence-corrected chi connectivity index (χ2v) is 7.37. The largest absolute Gasteiger partial charge is 0.378 e. The number of hydrogen-bond acceptors (Lipinski definition) is 5. The van der Waals surface area contributed by atoms with E-state index in [2.05, 4.69) is 5.32 Å². The molecule has 0 aliphatic rings. The Balaban J connectivity index is 2.17. The number of aryl methyl sites for hydroxylation is 1. The molecular formula is C14H15NO4S2. The van der Waals surface area contributed by atoms with Crippen LogP contribution in [0.15, 0.2) is 40.6 Å². The van der Waals surface area contributed by atoms with E-state index in [9.17, 15) is 13.2 Å². The normalized spacial score (nSPS) is 11.1.